The van der Waals surface area contributed by atoms with Crippen LogP contribution in [0.15, 0.2) is 41.7 Å². The summed E-state index contributed by atoms with van der Waals surface area (Å²) in [6.07, 6.45) is 5.81. The number of nitrogens with zero attached hydrogens (tertiary/aromatic N) is 3. The first kappa shape index (κ1) is 14.4. The number of H-pyrrole nitrogens is 1. The lowest BCUT2D eigenvalue weighted by molar-refractivity contribution is 0.474. The Morgan fingerprint density at radius 2 is 2.04 bits per heavy atom. The zero-order valence-corrected chi connectivity index (χ0v) is 14.0. The van der Waals surface area contributed by atoms with Crippen LogP contribution in [-0.2, 0) is 12.8 Å². The van der Waals surface area contributed by atoms with Crippen LogP contribution in [0, 0.1) is 6.92 Å². The maximum atomic E-state index is 9.72. The van der Waals surface area contributed by atoms with Crippen LogP contribution in [0.1, 0.15) is 45.1 Å². The van der Waals surface area contributed by atoms with Crippen molar-refractivity contribution in [2.75, 3.05) is 6.54 Å². The molecular formula is C20H18N4O. The molecule has 1 atom stereocenters. The molecule has 0 amide bonds. The van der Waals surface area contributed by atoms with Crippen LogP contribution < -0.4 is 0 Å². The molecule has 25 heavy (non-hydrogen) atoms. The van der Waals surface area contributed by atoms with Crippen LogP contribution >= 0.6 is 0 Å². The largest absolute Gasteiger partial charge is 0.508 e. The van der Waals surface area contributed by atoms with Crippen molar-refractivity contribution in [3.8, 4) is 5.75 Å². The van der Waals surface area contributed by atoms with Crippen LogP contribution in [-0.4, -0.2) is 32.5 Å². The van der Waals surface area contributed by atoms with Gasteiger partial charge < -0.3 is 10.1 Å². The van der Waals surface area contributed by atoms with Gasteiger partial charge in [-0.2, -0.15) is 5.10 Å². The van der Waals surface area contributed by atoms with Gasteiger partial charge in [0.2, 0.25) is 0 Å². The highest BCUT2D eigenvalue weighted by atomic mass is 16.3. The van der Waals surface area contributed by atoms with Crippen molar-refractivity contribution in [3.05, 3.63) is 75.9 Å². The number of fused-ring (bicyclic) bond motifs is 2. The maximum Gasteiger partial charge on any atom is 0.115 e. The third-order valence-corrected chi connectivity index (χ3v) is 5.33. The summed E-state index contributed by atoms with van der Waals surface area (Å²) >= 11 is 0. The lowest BCUT2D eigenvalue weighted by atomic mass is 9.85. The topological polar surface area (TPSA) is 74.2 Å². The summed E-state index contributed by atoms with van der Waals surface area (Å²) in [6.45, 7) is 2.71. The quantitative estimate of drug-likeness (QED) is 0.720. The molecule has 0 spiro atoms. The number of aliphatic imine (C=N–C) groups is 1. The minimum Gasteiger partial charge on any atom is -0.508 e. The fourth-order valence-corrected chi connectivity index (χ4v) is 4.11. The summed E-state index contributed by atoms with van der Waals surface area (Å²) in [7, 11) is 0. The number of hydrogen-bond acceptors (Lipinski definition) is 4. The van der Waals surface area contributed by atoms with Crippen LogP contribution in [0.2, 0.25) is 0 Å². The van der Waals surface area contributed by atoms with Gasteiger partial charge in [-0.3, -0.25) is 4.99 Å². The lowest BCUT2D eigenvalue weighted by Crippen LogP contribution is -2.21. The van der Waals surface area contributed by atoms with Crippen LogP contribution in [0.5, 0.6) is 5.75 Å². The molecule has 124 valence electrons. The standard InChI is InChI=1S/C20H18N4O/c1-11-8-14(25)4-5-15(11)16-10-22-20-17-13(9-21-19(16)17)3-2-12-6-7-23-24-18(12)20/h4-9,16,21,25H,2-3,10H2,1H3. The summed E-state index contributed by atoms with van der Waals surface area (Å²) in [5, 5.41) is 18.2. The molecule has 0 bridgehead atoms. The molecule has 0 saturated carbocycles. The molecule has 5 nitrogen and oxygen atoms in total. The highest BCUT2D eigenvalue weighted by Crippen LogP contribution is 2.38. The molecule has 1 unspecified atom stereocenters. The molecule has 1 aromatic carbocycles. The Morgan fingerprint density at radius 1 is 1.16 bits per heavy atom. The van der Waals surface area contributed by atoms with Gasteiger partial charge in [0.05, 0.1) is 12.3 Å². The van der Waals surface area contributed by atoms with E-state index in [4.69, 9.17) is 4.99 Å². The average molecular weight is 330 g/mol. The second-order valence-electron chi connectivity index (χ2n) is 6.79. The number of hydrogen-bond donors (Lipinski definition) is 2. The number of nitrogens with one attached hydrogen (secondary N) is 1. The number of phenolic OH excluding ortho intramolecular Hbond substituents is 1. The Morgan fingerprint density at radius 3 is 2.92 bits per heavy atom. The summed E-state index contributed by atoms with van der Waals surface area (Å²) in [6, 6.07) is 7.63. The highest BCUT2D eigenvalue weighted by Gasteiger charge is 2.32. The Labute approximate surface area is 145 Å². The average Bonchev–Trinajstić information content (AvgIpc) is 2.97. The molecule has 5 rings (SSSR count). The molecule has 0 radical (unpaired) electrons. The van der Waals surface area contributed by atoms with E-state index in [1.165, 1.54) is 27.9 Å². The van der Waals surface area contributed by atoms with Gasteiger partial charge in [0.1, 0.15) is 11.4 Å². The molecule has 2 aliphatic rings. The van der Waals surface area contributed by atoms with E-state index >= 15 is 0 Å². The Kier molecular flexibility index (Phi) is 3.04. The number of aryl methyl sites for hydroxylation is 3. The Hall–Kier alpha value is -2.95. The van der Waals surface area contributed by atoms with Gasteiger partial charge in [0.15, 0.2) is 0 Å². The zero-order chi connectivity index (χ0) is 17.0. The monoisotopic (exact) mass is 330 g/mol. The second kappa shape index (κ2) is 5.28. The van der Waals surface area contributed by atoms with E-state index in [9.17, 15) is 5.11 Å². The summed E-state index contributed by atoms with van der Waals surface area (Å²) < 4.78 is 0. The van der Waals surface area contributed by atoms with Crippen molar-refractivity contribution in [2.24, 2.45) is 4.99 Å². The van der Waals surface area contributed by atoms with Gasteiger partial charge in [-0.15, -0.1) is 5.10 Å². The normalized spacial score (nSPS) is 18.1. The number of rotatable bonds is 1. The third kappa shape index (κ3) is 2.12. The van der Waals surface area contributed by atoms with Crippen LogP contribution in [0.4, 0.5) is 0 Å². The van der Waals surface area contributed by atoms with Crippen molar-refractivity contribution >= 4 is 5.71 Å². The van der Waals surface area contributed by atoms with E-state index in [0.717, 1.165) is 29.8 Å². The highest BCUT2D eigenvalue weighted by molar-refractivity contribution is 6.15. The Balaban J connectivity index is 1.69. The first-order valence-corrected chi connectivity index (χ1v) is 8.58. The molecule has 3 aromatic rings. The molecule has 1 aliphatic carbocycles. The van der Waals surface area contributed by atoms with E-state index in [2.05, 4.69) is 27.4 Å². The van der Waals surface area contributed by atoms with E-state index in [0.29, 0.717) is 12.3 Å². The summed E-state index contributed by atoms with van der Waals surface area (Å²) in [5.74, 6) is 0.474. The molecule has 0 fully saturated rings. The van der Waals surface area contributed by atoms with Crippen LogP contribution in [0.3, 0.4) is 0 Å². The molecule has 2 aromatic heterocycles. The van der Waals surface area contributed by atoms with E-state index in [1.807, 2.05) is 19.1 Å². The second-order valence-corrected chi connectivity index (χ2v) is 6.79. The number of aromatic amines is 1. The van der Waals surface area contributed by atoms with Crippen molar-refractivity contribution in [3.63, 3.8) is 0 Å². The van der Waals surface area contributed by atoms with Crippen molar-refractivity contribution in [1.82, 2.24) is 15.2 Å². The van der Waals surface area contributed by atoms with Gasteiger partial charge in [0.25, 0.3) is 0 Å². The SMILES string of the molecule is Cc1cc(O)ccc1C1CN=C2c3nnccc3CCc3c[nH]c1c32. The molecule has 2 N–H and O–H groups in total. The van der Waals surface area contributed by atoms with E-state index in [-0.39, 0.29) is 5.92 Å². The van der Waals surface area contributed by atoms with Crippen LogP contribution in [0.25, 0.3) is 0 Å². The van der Waals surface area contributed by atoms with Gasteiger partial charge in [-0.1, -0.05) is 6.07 Å². The van der Waals surface area contributed by atoms with Crippen molar-refractivity contribution in [1.29, 1.82) is 0 Å². The third-order valence-electron chi connectivity index (χ3n) is 5.33. The van der Waals surface area contributed by atoms with E-state index in [1.54, 1.807) is 12.3 Å². The molecule has 0 saturated heterocycles. The minimum absolute atomic E-state index is 0.173. The molecule has 1 aliphatic heterocycles. The maximum absolute atomic E-state index is 9.72. The van der Waals surface area contributed by atoms with Gasteiger partial charge in [-0.05, 0) is 60.2 Å². The van der Waals surface area contributed by atoms with Crippen molar-refractivity contribution < 1.29 is 5.11 Å². The molecule has 5 heteroatoms. The number of aromatic nitrogens is 3. The number of phenols is 1. The predicted octanol–water partition coefficient (Wildman–Crippen LogP) is 2.90. The predicted molar refractivity (Wildman–Crippen MR) is 95.4 cm³/mol. The number of aromatic hydroxyl groups is 1. The Bertz CT molecular complexity index is 1020. The fraction of sp³-hybridized carbons (Fsp3) is 0.250. The molecule has 3 heterocycles. The fourth-order valence-electron chi connectivity index (χ4n) is 4.11. The molecular weight excluding hydrogens is 312 g/mol. The van der Waals surface area contributed by atoms with Gasteiger partial charge in [0, 0.05) is 29.6 Å². The minimum atomic E-state index is 0.173. The van der Waals surface area contributed by atoms with Crippen molar-refractivity contribution in [2.45, 2.75) is 25.7 Å². The first-order valence-electron chi connectivity index (χ1n) is 8.58. The van der Waals surface area contributed by atoms with Gasteiger partial charge in [-0.25, -0.2) is 0 Å². The lowest BCUT2D eigenvalue weighted by Gasteiger charge is -2.24. The zero-order valence-electron chi connectivity index (χ0n) is 14.0. The smallest absolute Gasteiger partial charge is 0.115 e. The summed E-state index contributed by atoms with van der Waals surface area (Å²) in [4.78, 5) is 8.43. The summed E-state index contributed by atoms with van der Waals surface area (Å²) in [5.41, 5.74) is 9.09. The van der Waals surface area contributed by atoms with E-state index < -0.39 is 0 Å². The number of benzene rings is 1. The van der Waals surface area contributed by atoms with Gasteiger partial charge >= 0.3 is 0 Å². The first-order chi connectivity index (χ1) is 12.2.